The molecule has 3 aromatic rings. The number of hydrogen-bond donors (Lipinski definition) is 1. The van der Waals surface area contributed by atoms with Gasteiger partial charge in [-0.3, -0.25) is 4.99 Å². The molecule has 0 spiro atoms. The predicted octanol–water partition coefficient (Wildman–Crippen LogP) is 6.68. The molecule has 1 N–H and O–H groups in total. The van der Waals surface area contributed by atoms with Crippen LogP contribution in [0.15, 0.2) is 58.5 Å². The monoisotopic (exact) mass is 392 g/mol. The van der Waals surface area contributed by atoms with E-state index in [4.69, 9.17) is 0 Å². The summed E-state index contributed by atoms with van der Waals surface area (Å²) in [6, 6.07) is 17.0. The number of hydrogen-bond acceptors (Lipinski definition) is 4. The highest BCUT2D eigenvalue weighted by atomic mass is 32.1. The maximum Gasteiger partial charge on any atom is 0.188 e. The van der Waals surface area contributed by atoms with Crippen molar-refractivity contribution in [1.29, 1.82) is 0 Å². The Bertz CT molecular complexity index is 890. The first-order valence-corrected chi connectivity index (χ1v) is 10.7. The van der Waals surface area contributed by atoms with E-state index in [1.807, 2.05) is 24.4 Å². The number of rotatable bonds is 9. The lowest BCUT2D eigenvalue weighted by molar-refractivity contribution is 0.406. The van der Waals surface area contributed by atoms with Crippen molar-refractivity contribution in [2.75, 3.05) is 12.4 Å². The number of anilines is 2. The molecule has 28 heavy (non-hydrogen) atoms. The molecule has 0 aliphatic heterocycles. The molecule has 0 fully saturated rings. The van der Waals surface area contributed by atoms with E-state index in [9.17, 15) is 0 Å². The first-order valence-electron chi connectivity index (χ1n) is 9.90. The maximum atomic E-state index is 4.66. The van der Waals surface area contributed by atoms with Gasteiger partial charge in [0.25, 0.3) is 0 Å². The Hall–Kier alpha value is -2.53. The Kier molecular flexibility index (Phi) is 7.31. The SMILES string of the molecule is CCC(CC)C(C/C=N\C=N/C)c1ccc(Nc2nc3ccccc3s2)cc1. The molecule has 1 atom stereocenters. The van der Waals surface area contributed by atoms with Crippen molar-refractivity contribution >= 4 is 44.9 Å². The van der Waals surface area contributed by atoms with Crippen molar-refractivity contribution in [2.24, 2.45) is 15.9 Å². The predicted molar refractivity (Wildman–Crippen MR) is 124 cm³/mol. The van der Waals surface area contributed by atoms with Gasteiger partial charge in [-0.15, -0.1) is 0 Å². The standard InChI is InChI=1S/C23H28N4S/c1-4-17(5-2)20(14-15-25-16-24-3)18-10-12-19(13-11-18)26-23-27-21-8-6-7-9-22(21)28-23/h6-13,15-17,20H,4-5,14H2,1-3H3,(H,26,27)/b24-16-,25-15-. The van der Waals surface area contributed by atoms with Gasteiger partial charge in [-0.05, 0) is 48.1 Å². The highest BCUT2D eigenvalue weighted by Crippen LogP contribution is 2.34. The van der Waals surface area contributed by atoms with Gasteiger partial charge in [0.2, 0.25) is 0 Å². The smallest absolute Gasteiger partial charge is 0.188 e. The summed E-state index contributed by atoms with van der Waals surface area (Å²) in [6.45, 7) is 4.55. The molecule has 1 unspecified atom stereocenters. The van der Waals surface area contributed by atoms with Gasteiger partial charge in [0.05, 0.1) is 10.2 Å². The third-order valence-corrected chi connectivity index (χ3v) is 6.10. The zero-order valence-electron chi connectivity index (χ0n) is 16.8. The fourth-order valence-electron chi connectivity index (χ4n) is 3.61. The van der Waals surface area contributed by atoms with E-state index in [2.05, 4.69) is 64.5 Å². The van der Waals surface area contributed by atoms with Gasteiger partial charge in [-0.25, -0.2) is 9.98 Å². The third-order valence-electron chi connectivity index (χ3n) is 5.15. The summed E-state index contributed by atoms with van der Waals surface area (Å²) in [5.74, 6) is 1.12. The van der Waals surface area contributed by atoms with Crippen LogP contribution in [-0.2, 0) is 0 Å². The molecule has 146 valence electrons. The lowest BCUT2D eigenvalue weighted by atomic mass is 9.81. The number of nitrogens with zero attached hydrogens (tertiary/aromatic N) is 3. The van der Waals surface area contributed by atoms with Gasteiger partial charge in [0.15, 0.2) is 5.13 Å². The van der Waals surface area contributed by atoms with Gasteiger partial charge in [0, 0.05) is 18.9 Å². The second-order valence-corrected chi connectivity index (χ2v) is 7.89. The zero-order chi connectivity index (χ0) is 19.8. The number of fused-ring (bicyclic) bond motifs is 1. The van der Waals surface area contributed by atoms with Crippen LogP contribution in [0.3, 0.4) is 0 Å². The molecule has 0 aliphatic rings. The molecule has 0 aliphatic carbocycles. The highest BCUT2D eigenvalue weighted by molar-refractivity contribution is 7.22. The molecular weight excluding hydrogens is 364 g/mol. The molecule has 1 heterocycles. The van der Waals surface area contributed by atoms with Crippen LogP contribution in [0, 0.1) is 5.92 Å². The molecule has 2 aromatic carbocycles. The molecule has 5 heteroatoms. The molecule has 0 radical (unpaired) electrons. The topological polar surface area (TPSA) is 49.6 Å². The number of benzene rings is 2. The Balaban J connectivity index is 1.75. The normalized spacial score (nSPS) is 13.1. The van der Waals surface area contributed by atoms with Crippen LogP contribution in [0.2, 0.25) is 0 Å². The van der Waals surface area contributed by atoms with Gasteiger partial charge in [0.1, 0.15) is 6.34 Å². The van der Waals surface area contributed by atoms with Gasteiger partial charge in [-0.2, -0.15) is 0 Å². The highest BCUT2D eigenvalue weighted by Gasteiger charge is 2.19. The first-order chi connectivity index (χ1) is 13.7. The molecule has 4 nitrogen and oxygen atoms in total. The summed E-state index contributed by atoms with van der Waals surface area (Å²) in [4.78, 5) is 12.8. The first kappa shape index (κ1) is 20.2. The van der Waals surface area contributed by atoms with E-state index in [-0.39, 0.29) is 0 Å². The largest absolute Gasteiger partial charge is 0.332 e. The lowest BCUT2D eigenvalue weighted by Gasteiger charge is -2.24. The van der Waals surface area contributed by atoms with E-state index in [0.29, 0.717) is 11.8 Å². The summed E-state index contributed by atoms with van der Waals surface area (Å²) in [6.07, 6.45) is 6.87. The number of aliphatic imine (C=N–C) groups is 2. The number of para-hydroxylation sites is 1. The average Bonchev–Trinajstić information content (AvgIpc) is 3.13. The maximum absolute atomic E-state index is 4.66. The van der Waals surface area contributed by atoms with E-state index in [1.165, 1.54) is 23.1 Å². The fourth-order valence-corrected chi connectivity index (χ4v) is 4.50. The van der Waals surface area contributed by atoms with E-state index in [0.717, 1.165) is 22.8 Å². The molecular formula is C23H28N4S. The van der Waals surface area contributed by atoms with Crippen molar-refractivity contribution < 1.29 is 0 Å². The Morgan fingerprint density at radius 1 is 1.07 bits per heavy atom. The fraction of sp³-hybridized carbons (Fsp3) is 0.348. The minimum absolute atomic E-state index is 0.473. The van der Waals surface area contributed by atoms with Crippen molar-refractivity contribution in [3.8, 4) is 0 Å². The molecule has 1 aromatic heterocycles. The third kappa shape index (κ3) is 5.04. The summed E-state index contributed by atoms with van der Waals surface area (Å²) >= 11 is 1.68. The molecule has 3 rings (SSSR count). The Labute approximate surface area is 171 Å². The van der Waals surface area contributed by atoms with Crippen LogP contribution >= 0.6 is 11.3 Å². The van der Waals surface area contributed by atoms with Gasteiger partial charge >= 0.3 is 0 Å². The Morgan fingerprint density at radius 2 is 1.82 bits per heavy atom. The summed E-state index contributed by atoms with van der Waals surface area (Å²) in [5, 5.41) is 4.37. The second kappa shape index (κ2) is 10.1. The quantitative estimate of drug-likeness (QED) is 0.326. The van der Waals surface area contributed by atoms with Crippen LogP contribution in [-0.4, -0.2) is 24.6 Å². The zero-order valence-corrected chi connectivity index (χ0v) is 17.6. The molecule has 0 saturated heterocycles. The van der Waals surface area contributed by atoms with E-state index < -0.39 is 0 Å². The number of thiazole rings is 1. The van der Waals surface area contributed by atoms with Crippen molar-refractivity contribution in [1.82, 2.24) is 4.98 Å². The van der Waals surface area contributed by atoms with Crippen LogP contribution in [0.25, 0.3) is 10.2 Å². The van der Waals surface area contributed by atoms with Crippen LogP contribution in [0.5, 0.6) is 0 Å². The second-order valence-electron chi connectivity index (χ2n) is 6.86. The van der Waals surface area contributed by atoms with E-state index >= 15 is 0 Å². The lowest BCUT2D eigenvalue weighted by Crippen LogP contribution is -2.12. The summed E-state index contributed by atoms with van der Waals surface area (Å²) in [5.41, 5.74) is 3.47. The van der Waals surface area contributed by atoms with Crippen LogP contribution < -0.4 is 5.32 Å². The van der Waals surface area contributed by atoms with Gasteiger partial charge < -0.3 is 5.32 Å². The minimum Gasteiger partial charge on any atom is -0.332 e. The molecule has 0 saturated carbocycles. The Morgan fingerprint density at radius 3 is 2.50 bits per heavy atom. The molecule has 0 bridgehead atoms. The van der Waals surface area contributed by atoms with Crippen LogP contribution in [0.1, 0.15) is 44.6 Å². The number of nitrogens with one attached hydrogen (secondary N) is 1. The van der Waals surface area contributed by atoms with Crippen molar-refractivity contribution in [2.45, 2.75) is 39.0 Å². The average molecular weight is 393 g/mol. The van der Waals surface area contributed by atoms with Crippen molar-refractivity contribution in [3.05, 3.63) is 54.1 Å². The van der Waals surface area contributed by atoms with E-state index in [1.54, 1.807) is 24.7 Å². The van der Waals surface area contributed by atoms with Gasteiger partial charge in [-0.1, -0.05) is 62.3 Å². The summed E-state index contributed by atoms with van der Waals surface area (Å²) in [7, 11) is 1.74. The van der Waals surface area contributed by atoms with Crippen molar-refractivity contribution in [3.63, 3.8) is 0 Å². The summed E-state index contributed by atoms with van der Waals surface area (Å²) < 4.78 is 1.20. The van der Waals surface area contributed by atoms with Crippen LogP contribution in [0.4, 0.5) is 10.8 Å². The minimum atomic E-state index is 0.473. The number of aromatic nitrogens is 1. The molecule has 0 amide bonds.